The van der Waals surface area contributed by atoms with Crippen LogP contribution in [0.4, 0.5) is 4.39 Å². The topological polar surface area (TPSA) is 66.9 Å². The number of hydrogen-bond acceptors (Lipinski definition) is 5. The highest BCUT2D eigenvalue weighted by Gasteiger charge is 2.32. The molecule has 0 spiro atoms. The fourth-order valence-electron chi connectivity index (χ4n) is 3.87. The molecule has 6 nitrogen and oxygen atoms in total. The summed E-state index contributed by atoms with van der Waals surface area (Å²) in [6.07, 6.45) is 0. The molecule has 0 bridgehead atoms. The number of sulfonamides is 1. The molecule has 1 saturated heterocycles. The van der Waals surface area contributed by atoms with E-state index in [1.54, 1.807) is 4.90 Å². The van der Waals surface area contributed by atoms with E-state index in [-0.39, 0.29) is 37.0 Å². The molecule has 9 heteroatoms. The average molecular weight is 459 g/mol. The number of rotatable bonds is 3. The Bertz CT molecular complexity index is 1260. The Hall–Kier alpha value is -2.75. The van der Waals surface area contributed by atoms with Crippen LogP contribution in [0.2, 0.25) is 0 Å². The summed E-state index contributed by atoms with van der Waals surface area (Å²) in [7, 11) is -3.79. The Morgan fingerprint density at radius 3 is 2.55 bits per heavy atom. The van der Waals surface area contributed by atoms with Gasteiger partial charge in [0.1, 0.15) is 18.2 Å². The number of amides is 1. The highest BCUT2D eigenvalue weighted by molar-refractivity contribution is 7.89. The molecule has 2 aliphatic rings. The maximum absolute atomic E-state index is 13.5. The van der Waals surface area contributed by atoms with Crippen molar-refractivity contribution in [1.29, 1.82) is 0 Å². The standard InChI is InChI=1S/C22H19FN2O4S2/c23-16-4-3-5-17(13-16)31(27,28)25-10-8-24(9-11-25)22(26)20-12-15-14-29-19-7-2-1-6-18(19)21(15)30-20/h1-7,12-13H,8-11,14H2. The van der Waals surface area contributed by atoms with E-state index in [4.69, 9.17) is 4.74 Å². The summed E-state index contributed by atoms with van der Waals surface area (Å²) >= 11 is 1.44. The molecule has 31 heavy (non-hydrogen) atoms. The van der Waals surface area contributed by atoms with Crippen molar-refractivity contribution in [1.82, 2.24) is 9.21 Å². The highest BCUT2D eigenvalue weighted by atomic mass is 32.2. The van der Waals surface area contributed by atoms with Gasteiger partial charge in [0.25, 0.3) is 5.91 Å². The van der Waals surface area contributed by atoms with E-state index in [1.807, 2.05) is 30.3 Å². The number of benzene rings is 2. The first-order chi connectivity index (χ1) is 14.9. The third-order valence-corrected chi connectivity index (χ3v) is 8.59. The zero-order valence-electron chi connectivity index (χ0n) is 16.5. The molecule has 0 unspecified atom stereocenters. The second kappa shape index (κ2) is 7.74. The molecule has 3 aromatic rings. The molecule has 3 heterocycles. The lowest BCUT2D eigenvalue weighted by Gasteiger charge is -2.33. The maximum Gasteiger partial charge on any atom is 0.264 e. The van der Waals surface area contributed by atoms with Crippen LogP contribution in [0.3, 0.4) is 0 Å². The quantitative estimate of drug-likeness (QED) is 0.602. The van der Waals surface area contributed by atoms with Crippen molar-refractivity contribution < 1.29 is 22.3 Å². The van der Waals surface area contributed by atoms with Crippen molar-refractivity contribution in [3.05, 3.63) is 70.9 Å². The normalized spacial score (nSPS) is 16.4. The molecule has 0 atom stereocenters. The second-order valence-electron chi connectivity index (χ2n) is 7.40. The summed E-state index contributed by atoms with van der Waals surface area (Å²) < 4.78 is 46.1. The number of fused-ring (bicyclic) bond motifs is 3. The van der Waals surface area contributed by atoms with Crippen molar-refractivity contribution in [2.24, 2.45) is 0 Å². The Morgan fingerprint density at radius 1 is 1.00 bits per heavy atom. The first-order valence-electron chi connectivity index (χ1n) is 9.83. The molecule has 0 saturated carbocycles. The predicted octanol–water partition coefficient (Wildman–Crippen LogP) is 3.59. The van der Waals surface area contributed by atoms with Crippen molar-refractivity contribution in [3.63, 3.8) is 0 Å². The van der Waals surface area contributed by atoms with Gasteiger partial charge in [-0.15, -0.1) is 11.3 Å². The summed E-state index contributed by atoms with van der Waals surface area (Å²) in [5, 5.41) is 0. The van der Waals surface area contributed by atoms with Gasteiger partial charge < -0.3 is 9.64 Å². The smallest absolute Gasteiger partial charge is 0.264 e. The minimum absolute atomic E-state index is 0.0723. The first-order valence-corrected chi connectivity index (χ1v) is 12.1. The Morgan fingerprint density at radius 2 is 1.77 bits per heavy atom. The lowest BCUT2D eigenvalue weighted by molar-refractivity contribution is 0.0702. The first kappa shape index (κ1) is 20.2. The number of halogens is 1. The van der Waals surface area contributed by atoms with Crippen LogP contribution >= 0.6 is 11.3 Å². The zero-order chi connectivity index (χ0) is 21.6. The maximum atomic E-state index is 13.5. The number of hydrogen-bond donors (Lipinski definition) is 0. The lowest BCUT2D eigenvalue weighted by Crippen LogP contribution is -2.50. The minimum Gasteiger partial charge on any atom is -0.488 e. The van der Waals surface area contributed by atoms with E-state index < -0.39 is 15.8 Å². The Kier molecular flexibility index (Phi) is 5.04. The van der Waals surface area contributed by atoms with Crippen LogP contribution in [0.5, 0.6) is 5.75 Å². The van der Waals surface area contributed by atoms with Gasteiger partial charge in [0, 0.05) is 42.2 Å². The van der Waals surface area contributed by atoms with Gasteiger partial charge >= 0.3 is 0 Å². The molecule has 5 rings (SSSR count). The van der Waals surface area contributed by atoms with Crippen LogP contribution in [0.15, 0.2) is 59.5 Å². The summed E-state index contributed by atoms with van der Waals surface area (Å²) in [5.41, 5.74) is 1.97. The van der Waals surface area contributed by atoms with Crippen molar-refractivity contribution in [3.8, 4) is 16.2 Å². The van der Waals surface area contributed by atoms with E-state index in [0.29, 0.717) is 11.5 Å². The summed E-state index contributed by atoms with van der Waals surface area (Å²) in [5.74, 6) is 0.105. The SMILES string of the molecule is O=C(c1cc2c(s1)-c1ccccc1OC2)N1CCN(S(=O)(=O)c2cccc(F)c2)CC1. The fourth-order valence-corrected chi connectivity index (χ4v) is 6.49. The minimum atomic E-state index is -3.79. The number of carbonyl (C=O) groups excluding carboxylic acids is 1. The largest absolute Gasteiger partial charge is 0.488 e. The van der Waals surface area contributed by atoms with Gasteiger partial charge in [-0.1, -0.05) is 18.2 Å². The van der Waals surface area contributed by atoms with E-state index in [0.717, 1.165) is 27.8 Å². The van der Waals surface area contributed by atoms with Gasteiger partial charge in [-0.05, 0) is 36.4 Å². The van der Waals surface area contributed by atoms with Crippen LogP contribution in [0, 0.1) is 5.82 Å². The molecular formula is C22H19FN2O4S2. The van der Waals surface area contributed by atoms with Gasteiger partial charge in [-0.2, -0.15) is 4.31 Å². The lowest BCUT2D eigenvalue weighted by atomic mass is 10.1. The van der Waals surface area contributed by atoms with Gasteiger partial charge in [0.05, 0.1) is 9.77 Å². The third kappa shape index (κ3) is 3.62. The molecule has 0 aliphatic carbocycles. The van der Waals surface area contributed by atoms with Crippen LogP contribution in [-0.2, 0) is 16.6 Å². The molecule has 2 aliphatic heterocycles. The van der Waals surface area contributed by atoms with Crippen molar-refractivity contribution in [2.75, 3.05) is 26.2 Å². The summed E-state index contributed by atoms with van der Waals surface area (Å²) in [4.78, 5) is 16.3. The number of para-hydroxylation sites is 1. The van der Waals surface area contributed by atoms with Gasteiger partial charge in [-0.25, -0.2) is 12.8 Å². The molecule has 160 valence electrons. The molecule has 1 aromatic heterocycles. The van der Waals surface area contributed by atoms with Crippen LogP contribution in [0.1, 0.15) is 15.2 Å². The van der Waals surface area contributed by atoms with Crippen LogP contribution in [-0.4, -0.2) is 49.7 Å². The number of thiophene rings is 1. The highest BCUT2D eigenvalue weighted by Crippen LogP contribution is 2.42. The summed E-state index contributed by atoms with van der Waals surface area (Å²) in [6.45, 7) is 1.32. The molecule has 0 N–H and O–H groups in total. The van der Waals surface area contributed by atoms with E-state index in [1.165, 1.54) is 33.8 Å². The molecule has 1 fully saturated rings. The second-order valence-corrected chi connectivity index (χ2v) is 10.4. The zero-order valence-corrected chi connectivity index (χ0v) is 18.1. The van der Waals surface area contributed by atoms with Crippen molar-refractivity contribution >= 4 is 27.3 Å². The van der Waals surface area contributed by atoms with E-state index >= 15 is 0 Å². The Balaban J connectivity index is 1.31. The Labute approximate surface area is 183 Å². The average Bonchev–Trinajstić information content (AvgIpc) is 3.24. The third-order valence-electron chi connectivity index (χ3n) is 5.49. The van der Waals surface area contributed by atoms with Crippen LogP contribution in [0.25, 0.3) is 10.4 Å². The molecule has 2 aromatic carbocycles. The van der Waals surface area contributed by atoms with E-state index in [9.17, 15) is 17.6 Å². The molecule has 1 amide bonds. The monoisotopic (exact) mass is 458 g/mol. The molecular weight excluding hydrogens is 439 g/mol. The summed E-state index contributed by atoms with van der Waals surface area (Å²) in [6, 6.07) is 14.6. The number of nitrogens with zero attached hydrogens (tertiary/aromatic N) is 2. The molecule has 0 radical (unpaired) electrons. The van der Waals surface area contributed by atoms with Gasteiger partial charge in [-0.3, -0.25) is 4.79 Å². The number of ether oxygens (including phenoxy) is 1. The number of piperazine rings is 1. The predicted molar refractivity (Wildman–Crippen MR) is 115 cm³/mol. The number of carbonyl (C=O) groups is 1. The van der Waals surface area contributed by atoms with E-state index in [2.05, 4.69) is 0 Å². The van der Waals surface area contributed by atoms with Gasteiger partial charge in [0.15, 0.2) is 0 Å². The fraction of sp³-hybridized carbons (Fsp3) is 0.227. The van der Waals surface area contributed by atoms with Crippen molar-refractivity contribution in [2.45, 2.75) is 11.5 Å². The van der Waals surface area contributed by atoms with Crippen LogP contribution < -0.4 is 4.74 Å². The van der Waals surface area contributed by atoms with Gasteiger partial charge in [0.2, 0.25) is 10.0 Å².